The summed E-state index contributed by atoms with van der Waals surface area (Å²) >= 11 is 0. The second-order valence-corrected chi connectivity index (χ2v) is 5.55. The topological polar surface area (TPSA) is 18.5 Å². The molecule has 17 heavy (non-hydrogen) atoms. The first-order valence-corrected chi connectivity index (χ1v) is 6.49. The van der Waals surface area contributed by atoms with E-state index in [2.05, 4.69) is 20.8 Å². The van der Waals surface area contributed by atoms with Crippen LogP contribution in [0.3, 0.4) is 0 Å². The van der Waals surface area contributed by atoms with E-state index in [-0.39, 0.29) is 6.10 Å². The van der Waals surface area contributed by atoms with Gasteiger partial charge in [0.1, 0.15) is 12.7 Å². The first-order valence-electron chi connectivity index (χ1n) is 6.49. The minimum absolute atomic E-state index is 0.204. The highest BCUT2D eigenvalue weighted by Gasteiger charge is 2.23. The molecule has 0 N–H and O–H groups in total. The summed E-state index contributed by atoms with van der Waals surface area (Å²) in [5.41, 5.74) is 0.403. The third kappa shape index (κ3) is 3.15. The van der Waals surface area contributed by atoms with Crippen LogP contribution in [0.25, 0.3) is 0 Å². The highest BCUT2D eigenvalue weighted by Crippen LogP contribution is 2.34. The van der Waals surface area contributed by atoms with E-state index >= 15 is 0 Å². The van der Waals surface area contributed by atoms with E-state index < -0.39 is 0 Å². The van der Waals surface area contributed by atoms with E-state index in [1.54, 1.807) is 0 Å². The summed E-state index contributed by atoms with van der Waals surface area (Å²) in [5, 5.41) is 0. The molecule has 0 fully saturated rings. The third-order valence-corrected chi connectivity index (χ3v) is 3.67. The number of para-hydroxylation sites is 2. The van der Waals surface area contributed by atoms with Gasteiger partial charge in [0.15, 0.2) is 11.5 Å². The number of fused-ring (bicyclic) bond motifs is 1. The zero-order chi connectivity index (χ0) is 12.3. The van der Waals surface area contributed by atoms with Crippen molar-refractivity contribution in [1.82, 2.24) is 0 Å². The molecule has 1 heterocycles. The average Bonchev–Trinajstić information content (AvgIpc) is 2.36. The highest BCUT2D eigenvalue weighted by atomic mass is 16.6. The normalized spacial score (nSPS) is 19.1. The Labute approximate surface area is 104 Å². The molecule has 0 radical (unpaired) electrons. The minimum Gasteiger partial charge on any atom is -0.486 e. The molecule has 0 bridgehead atoms. The van der Waals surface area contributed by atoms with Crippen molar-refractivity contribution in [2.24, 2.45) is 5.41 Å². The molecule has 0 aromatic heterocycles. The van der Waals surface area contributed by atoms with Crippen LogP contribution in [0.2, 0.25) is 0 Å². The van der Waals surface area contributed by atoms with Gasteiger partial charge in [-0.15, -0.1) is 0 Å². The summed E-state index contributed by atoms with van der Waals surface area (Å²) in [6, 6.07) is 7.90. The van der Waals surface area contributed by atoms with Crippen LogP contribution in [0, 0.1) is 5.41 Å². The predicted octanol–water partition coefficient (Wildman–Crippen LogP) is 4.04. The summed E-state index contributed by atoms with van der Waals surface area (Å²) in [5.74, 6) is 1.76. The molecule has 0 saturated heterocycles. The molecule has 1 aliphatic rings. The van der Waals surface area contributed by atoms with E-state index in [1.165, 1.54) is 12.8 Å². The minimum atomic E-state index is 0.204. The lowest BCUT2D eigenvalue weighted by Gasteiger charge is -2.29. The monoisotopic (exact) mass is 234 g/mol. The van der Waals surface area contributed by atoms with Gasteiger partial charge in [0, 0.05) is 0 Å². The average molecular weight is 234 g/mol. The van der Waals surface area contributed by atoms with E-state index in [9.17, 15) is 0 Å². The van der Waals surface area contributed by atoms with Gasteiger partial charge in [-0.05, 0) is 30.4 Å². The van der Waals surface area contributed by atoms with Gasteiger partial charge in [0.05, 0.1) is 0 Å². The molecule has 1 atom stereocenters. The van der Waals surface area contributed by atoms with Gasteiger partial charge in [-0.2, -0.15) is 0 Å². The predicted molar refractivity (Wildman–Crippen MR) is 69.7 cm³/mol. The van der Waals surface area contributed by atoms with Gasteiger partial charge in [0.2, 0.25) is 0 Å². The molecule has 2 nitrogen and oxygen atoms in total. The third-order valence-electron chi connectivity index (χ3n) is 3.67. The van der Waals surface area contributed by atoms with E-state index in [4.69, 9.17) is 9.47 Å². The highest BCUT2D eigenvalue weighted by molar-refractivity contribution is 5.40. The zero-order valence-corrected chi connectivity index (χ0v) is 11.0. The van der Waals surface area contributed by atoms with Crippen molar-refractivity contribution in [3.8, 4) is 11.5 Å². The van der Waals surface area contributed by atoms with Crippen LogP contribution in [0.4, 0.5) is 0 Å². The molecular formula is C15H22O2. The van der Waals surface area contributed by atoms with Crippen LogP contribution >= 0.6 is 0 Å². The smallest absolute Gasteiger partial charge is 0.161 e. The first-order chi connectivity index (χ1) is 8.11. The maximum Gasteiger partial charge on any atom is 0.161 e. The summed E-state index contributed by atoms with van der Waals surface area (Å²) in [6.07, 6.45) is 3.65. The van der Waals surface area contributed by atoms with Crippen molar-refractivity contribution in [3.63, 3.8) is 0 Å². The number of hydrogen-bond donors (Lipinski definition) is 0. The fourth-order valence-electron chi connectivity index (χ4n) is 1.93. The van der Waals surface area contributed by atoms with Crippen LogP contribution in [-0.2, 0) is 0 Å². The molecule has 2 rings (SSSR count). The quantitative estimate of drug-likeness (QED) is 0.782. The van der Waals surface area contributed by atoms with Crippen molar-refractivity contribution in [1.29, 1.82) is 0 Å². The molecule has 1 unspecified atom stereocenters. The second-order valence-electron chi connectivity index (χ2n) is 5.55. The second kappa shape index (κ2) is 4.99. The van der Waals surface area contributed by atoms with Crippen molar-refractivity contribution < 1.29 is 9.47 Å². The lowest BCUT2D eigenvalue weighted by atomic mass is 9.84. The van der Waals surface area contributed by atoms with Gasteiger partial charge >= 0.3 is 0 Å². The Morgan fingerprint density at radius 2 is 1.94 bits per heavy atom. The van der Waals surface area contributed by atoms with Crippen LogP contribution in [0.15, 0.2) is 24.3 Å². The molecule has 1 aromatic carbocycles. The molecule has 0 spiro atoms. The van der Waals surface area contributed by atoms with Crippen LogP contribution in [0.1, 0.15) is 40.0 Å². The Bertz CT molecular complexity index is 371. The molecule has 94 valence electrons. The zero-order valence-electron chi connectivity index (χ0n) is 11.0. The van der Waals surface area contributed by atoms with Gasteiger partial charge in [-0.25, -0.2) is 0 Å². The van der Waals surface area contributed by atoms with E-state index in [1.807, 2.05) is 24.3 Å². The number of ether oxygens (including phenoxy) is 2. The summed E-state index contributed by atoms with van der Waals surface area (Å²) < 4.78 is 11.7. The molecule has 1 aromatic rings. The van der Waals surface area contributed by atoms with Crippen LogP contribution in [-0.4, -0.2) is 12.7 Å². The van der Waals surface area contributed by atoms with Crippen molar-refractivity contribution in [2.45, 2.75) is 46.1 Å². The molecular weight excluding hydrogens is 212 g/mol. The Kier molecular flexibility index (Phi) is 3.60. The maximum atomic E-state index is 5.95. The van der Waals surface area contributed by atoms with Crippen molar-refractivity contribution in [2.75, 3.05) is 6.61 Å². The Morgan fingerprint density at radius 1 is 1.24 bits per heavy atom. The largest absolute Gasteiger partial charge is 0.486 e. The number of rotatable bonds is 4. The SMILES string of the molecule is CCC(C)(C)CCC1COc2ccccc2O1. The number of hydrogen-bond acceptors (Lipinski definition) is 2. The Balaban J connectivity index is 1.90. The maximum absolute atomic E-state index is 5.95. The summed E-state index contributed by atoms with van der Waals surface area (Å²) in [7, 11) is 0. The summed E-state index contributed by atoms with van der Waals surface area (Å²) in [4.78, 5) is 0. The number of benzene rings is 1. The standard InChI is InChI=1S/C15H22O2/c1-4-15(2,3)10-9-12-11-16-13-7-5-6-8-14(13)17-12/h5-8,12H,4,9-11H2,1-3H3. The van der Waals surface area contributed by atoms with Crippen LogP contribution < -0.4 is 9.47 Å². The Morgan fingerprint density at radius 3 is 2.65 bits per heavy atom. The van der Waals surface area contributed by atoms with Crippen molar-refractivity contribution >= 4 is 0 Å². The van der Waals surface area contributed by atoms with Crippen LogP contribution in [0.5, 0.6) is 11.5 Å². The lowest BCUT2D eigenvalue weighted by Crippen LogP contribution is -2.30. The van der Waals surface area contributed by atoms with Gasteiger partial charge in [0.25, 0.3) is 0 Å². The molecule has 0 aliphatic carbocycles. The fraction of sp³-hybridized carbons (Fsp3) is 0.600. The van der Waals surface area contributed by atoms with E-state index in [0.717, 1.165) is 17.9 Å². The van der Waals surface area contributed by atoms with Crippen molar-refractivity contribution in [3.05, 3.63) is 24.3 Å². The van der Waals surface area contributed by atoms with Gasteiger partial charge < -0.3 is 9.47 Å². The Hall–Kier alpha value is -1.18. The molecule has 0 amide bonds. The first kappa shape index (κ1) is 12.3. The fourth-order valence-corrected chi connectivity index (χ4v) is 1.93. The van der Waals surface area contributed by atoms with Gasteiger partial charge in [-0.1, -0.05) is 39.3 Å². The molecule has 1 aliphatic heterocycles. The van der Waals surface area contributed by atoms with Gasteiger partial charge in [-0.3, -0.25) is 0 Å². The molecule has 2 heteroatoms. The van der Waals surface area contributed by atoms with E-state index in [0.29, 0.717) is 12.0 Å². The summed E-state index contributed by atoms with van der Waals surface area (Å²) in [6.45, 7) is 7.54. The lowest BCUT2D eigenvalue weighted by molar-refractivity contribution is 0.0741. The molecule has 0 saturated carbocycles.